The minimum atomic E-state index is -4.44. The molecule has 1 unspecified atom stereocenters. The van der Waals surface area contributed by atoms with Crippen molar-refractivity contribution in [1.82, 2.24) is 25.7 Å². The van der Waals surface area contributed by atoms with Crippen LogP contribution in [0.25, 0.3) is 20.8 Å². The summed E-state index contributed by atoms with van der Waals surface area (Å²) in [5, 5.41) is 17.7. The highest BCUT2D eigenvalue weighted by atomic mass is 32.1. The van der Waals surface area contributed by atoms with Gasteiger partial charge < -0.3 is 19.9 Å². The Morgan fingerprint density at radius 3 is 2.97 bits per heavy atom. The van der Waals surface area contributed by atoms with Crippen LogP contribution in [0.3, 0.4) is 0 Å². The summed E-state index contributed by atoms with van der Waals surface area (Å²) < 4.78 is 67.0. The Balaban J connectivity index is 1.41. The third-order valence-electron chi connectivity index (χ3n) is 6.53. The van der Waals surface area contributed by atoms with Crippen molar-refractivity contribution in [2.24, 2.45) is 0 Å². The number of piperidine rings is 1. The van der Waals surface area contributed by atoms with Crippen molar-refractivity contribution < 1.29 is 26.8 Å². The molecule has 0 spiro atoms. The van der Waals surface area contributed by atoms with Gasteiger partial charge in [-0.25, -0.2) is 4.39 Å². The fourth-order valence-corrected chi connectivity index (χ4v) is 6.02. The van der Waals surface area contributed by atoms with Crippen molar-refractivity contribution in [2.45, 2.75) is 43.8 Å². The molecule has 0 bridgehead atoms. The minimum Gasteiger partial charge on any atom is -0.378 e. The quantitative estimate of drug-likeness (QED) is 0.331. The minimum absolute atomic E-state index is 0.0720. The lowest BCUT2D eigenvalue weighted by Crippen LogP contribution is -2.45. The summed E-state index contributed by atoms with van der Waals surface area (Å²) in [6.45, 7) is 1.59. The van der Waals surface area contributed by atoms with Crippen LogP contribution in [0.4, 0.5) is 23.2 Å². The zero-order valence-corrected chi connectivity index (χ0v) is 19.7. The van der Waals surface area contributed by atoms with Gasteiger partial charge in [-0.3, -0.25) is 5.10 Å². The molecule has 1 saturated heterocycles. The number of alkyl halides is 4. The molecule has 36 heavy (non-hydrogen) atoms. The molecule has 2 aliphatic heterocycles. The maximum Gasteiger partial charge on any atom is 0.393 e. The van der Waals surface area contributed by atoms with Crippen LogP contribution in [0, 0.1) is 0 Å². The van der Waals surface area contributed by atoms with Gasteiger partial charge >= 0.3 is 6.18 Å². The number of thiophene rings is 1. The Bertz CT molecular complexity index is 1380. The van der Waals surface area contributed by atoms with Crippen LogP contribution in [0.1, 0.15) is 35.1 Å². The highest BCUT2D eigenvalue weighted by Gasteiger charge is 2.35. The summed E-state index contributed by atoms with van der Waals surface area (Å²) in [5.74, 6) is -0.0798. The average molecular weight is 523 g/mol. The first-order valence-corrected chi connectivity index (χ1v) is 12.4. The topological polar surface area (TPSA) is 101 Å². The monoisotopic (exact) mass is 522 g/mol. The molecular formula is C23H22F4N6O2S. The summed E-state index contributed by atoms with van der Waals surface area (Å²) in [4.78, 5) is 4.75. The number of aromatic nitrogens is 4. The smallest absolute Gasteiger partial charge is 0.378 e. The second kappa shape index (κ2) is 9.12. The number of nitrogens with one attached hydrogen (secondary N) is 3. The van der Waals surface area contributed by atoms with Crippen molar-refractivity contribution in [3.05, 3.63) is 47.1 Å². The fourth-order valence-electron chi connectivity index (χ4n) is 4.80. The number of hydrogen-bond donors (Lipinski definition) is 3. The molecule has 1 fully saturated rings. The number of hydrogen-bond acceptors (Lipinski definition) is 8. The van der Waals surface area contributed by atoms with E-state index in [1.54, 1.807) is 24.4 Å². The number of rotatable bonds is 5. The summed E-state index contributed by atoms with van der Waals surface area (Å²) in [7, 11) is 0. The van der Waals surface area contributed by atoms with Gasteiger partial charge in [0.15, 0.2) is 0 Å². The second-order valence-corrected chi connectivity index (χ2v) is 10.00. The molecule has 3 aromatic heterocycles. The van der Waals surface area contributed by atoms with Gasteiger partial charge in [0.05, 0.1) is 52.8 Å². The van der Waals surface area contributed by atoms with Crippen LogP contribution in [0.15, 0.2) is 28.9 Å². The molecular weight excluding hydrogens is 500 g/mol. The Morgan fingerprint density at radius 1 is 1.25 bits per heavy atom. The fraction of sp³-hybridized carbons (Fsp3) is 0.435. The van der Waals surface area contributed by atoms with E-state index in [2.05, 4.69) is 31.0 Å². The third kappa shape index (κ3) is 4.35. The summed E-state index contributed by atoms with van der Waals surface area (Å²) in [5.41, 5.74) is 2.32. The number of H-pyrrole nitrogens is 1. The molecule has 1 aromatic carbocycles. The van der Waals surface area contributed by atoms with Crippen LogP contribution < -0.4 is 10.6 Å². The van der Waals surface area contributed by atoms with Crippen molar-refractivity contribution in [1.29, 1.82) is 0 Å². The Morgan fingerprint density at radius 2 is 2.14 bits per heavy atom. The summed E-state index contributed by atoms with van der Waals surface area (Å²) >= 11 is 1.14. The molecule has 6 rings (SSSR count). The van der Waals surface area contributed by atoms with Gasteiger partial charge in [-0.05, 0) is 30.0 Å². The van der Waals surface area contributed by atoms with Gasteiger partial charge in [0, 0.05) is 12.1 Å². The maximum atomic E-state index is 14.4. The second-order valence-electron chi connectivity index (χ2n) is 8.98. The molecule has 0 aliphatic carbocycles. The molecule has 0 radical (unpaired) electrons. The highest BCUT2D eigenvalue weighted by molar-refractivity contribution is 7.23. The van der Waals surface area contributed by atoms with E-state index in [0.717, 1.165) is 22.6 Å². The van der Waals surface area contributed by atoms with E-state index < -0.39 is 30.7 Å². The number of ether oxygens (including phenoxy) is 1. The van der Waals surface area contributed by atoms with Crippen molar-refractivity contribution >= 4 is 27.1 Å². The Labute approximate surface area is 206 Å². The maximum absolute atomic E-state index is 14.4. The lowest BCUT2D eigenvalue weighted by Gasteiger charge is -2.28. The van der Waals surface area contributed by atoms with Crippen LogP contribution in [0.2, 0.25) is 0 Å². The standard InChI is InChI=1S/C23H22F4N6O2S/c24-15-8-28-5-4-16(15)30-17-3-1-2-12-13(6-23(25,26)27)20(36-19(12)17)21-31-22(35-33-21)14-10-34-9-11-7-29-32-18(11)14/h1-3,7,14-16,28,30H,4-6,8-10H2,(H,29,32)/t14?,15-,16+/m0/s1. The number of nitrogens with zero attached hydrogens (tertiary/aromatic N) is 3. The molecule has 0 saturated carbocycles. The predicted octanol–water partition coefficient (Wildman–Crippen LogP) is 4.55. The summed E-state index contributed by atoms with van der Waals surface area (Å²) in [6.07, 6.45) is -4.47. The first kappa shape index (κ1) is 23.4. The van der Waals surface area contributed by atoms with E-state index in [9.17, 15) is 17.6 Å². The average Bonchev–Trinajstić information content (AvgIpc) is 3.58. The zero-order valence-electron chi connectivity index (χ0n) is 18.9. The number of halogens is 4. The third-order valence-corrected chi connectivity index (χ3v) is 7.81. The molecule has 0 amide bonds. The first-order chi connectivity index (χ1) is 17.4. The van der Waals surface area contributed by atoms with E-state index in [4.69, 9.17) is 9.26 Å². The number of anilines is 1. The largest absolute Gasteiger partial charge is 0.393 e. The van der Waals surface area contributed by atoms with E-state index in [1.165, 1.54) is 0 Å². The van der Waals surface area contributed by atoms with E-state index in [-0.39, 0.29) is 35.3 Å². The Hall–Kier alpha value is -3.03. The predicted molar refractivity (Wildman–Crippen MR) is 125 cm³/mol. The highest BCUT2D eigenvalue weighted by Crippen LogP contribution is 2.44. The van der Waals surface area contributed by atoms with Crippen LogP contribution in [-0.4, -0.2) is 58.4 Å². The van der Waals surface area contributed by atoms with E-state index >= 15 is 0 Å². The van der Waals surface area contributed by atoms with Crippen molar-refractivity contribution in [3.8, 4) is 10.7 Å². The Kier molecular flexibility index (Phi) is 5.92. The first-order valence-electron chi connectivity index (χ1n) is 11.5. The number of benzene rings is 1. The molecule has 2 aliphatic rings. The van der Waals surface area contributed by atoms with Gasteiger partial charge in [-0.2, -0.15) is 23.3 Å². The van der Waals surface area contributed by atoms with Gasteiger partial charge in [-0.15, -0.1) is 11.3 Å². The van der Waals surface area contributed by atoms with Gasteiger partial charge in [0.2, 0.25) is 11.7 Å². The lowest BCUT2D eigenvalue weighted by atomic mass is 10.0. The normalized spacial score (nSPS) is 22.6. The molecule has 8 nitrogen and oxygen atoms in total. The van der Waals surface area contributed by atoms with Gasteiger partial charge in [0.1, 0.15) is 12.1 Å². The molecule has 3 atom stereocenters. The van der Waals surface area contributed by atoms with Crippen LogP contribution in [-0.2, 0) is 17.8 Å². The number of aromatic amines is 1. The number of fused-ring (bicyclic) bond motifs is 2. The molecule has 5 heterocycles. The molecule has 13 heteroatoms. The van der Waals surface area contributed by atoms with Crippen molar-refractivity contribution in [2.75, 3.05) is 25.0 Å². The SMILES string of the molecule is F[C@H]1CNCC[C@H]1Nc1cccc2c(CC(F)(F)F)c(-c3noc(C4COCc5cn[nH]c54)n3)sc12. The summed E-state index contributed by atoms with van der Waals surface area (Å²) in [6, 6.07) is 4.65. The molecule has 3 N–H and O–H groups in total. The lowest BCUT2D eigenvalue weighted by molar-refractivity contribution is -0.126. The molecule has 4 aromatic rings. The van der Waals surface area contributed by atoms with Gasteiger partial charge in [-0.1, -0.05) is 17.3 Å². The van der Waals surface area contributed by atoms with Crippen LogP contribution in [0.5, 0.6) is 0 Å². The molecule has 190 valence electrons. The zero-order chi connectivity index (χ0) is 24.9. The van der Waals surface area contributed by atoms with E-state index in [0.29, 0.717) is 35.3 Å². The van der Waals surface area contributed by atoms with Crippen LogP contribution >= 0.6 is 11.3 Å². The van der Waals surface area contributed by atoms with Gasteiger partial charge in [0.25, 0.3) is 0 Å². The van der Waals surface area contributed by atoms with Crippen molar-refractivity contribution in [3.63, 3.8) is 0 Å². The van der Waals surface area contributed by atoms with E-state index in [1.807, 2.05) is 0 Å².